The van der Waals surface area contributed by atoms with Crippen molar-refractivity contribution in [2.24, 2.45) is 41.4 Å². The summed E-state index contributed by atoms with van der Waals surface area (Å²) in [6.45, 7) is 31.7. The predicted octanol–water partition coefficient (Wildman–Crippen LogP) is 4.05. The van der Waals surface area contributed by atoms with E-state index in [0.29, 0.717) is 6.42 Å². The minimum absolute atomic E-state index is 0.0193. The van der Waals surface area contributed by atoms with Crippen LogP contribution in [0.15, 0.2) is 12.2 Å². The highest BCUT2D eigenvalue weighted by molar-refractivity contribution is 6.00. The number of hydrogen-bond acceptors (Lipinski definition) is 12. The van der Waals surface area contributed by atoms with Crippen LogP contribution in [0.25, 0.3) is 0 Å². The number of carbonyl (C=O) groups excluding carboxylic acids is 11. The Hall–Kier alpha value is -6.13. The third-order valence-corrected chi connectivity index (χ3v) is 16.8. The zero-order chi connectivity index (χ0) is 67.6. The smallest absolute Gasteiger partial charge is 0.246 e. The molecule has 1 heterocycles. The monoisotopic (exact) mass is 1230 g/mol. The fourth-order valence-corrected chi connectivity index (χ4v) is 11.3. The van der Waals surface area contributed by atoms with Gasteiger partial charge in [0.05, 0.1) is 6.10 Å². The van der Waals surface area contributed by atoms with Crippen LogP contribution in [-0.2, 0) is 52.7 Å². The van der Waals surface area contributed by atoms with Gasteiger partial charge in [-0.05, 0) is 107 Å². The van der Waals surface area contributed by atoms with Gasteiger partial charge in [-0.3, -0.25) is 52.7 Å². The van der Waals surface area contributed by atoms with Crippen molar-refractivity contribution in [3.8, 4) is 0 Å². The summed E-state index contributed by atoms with van der Waals surface area (Å²) in [5.74, 6) is -9.67. The third kappa shape index (κ3) is 21.6. The Balaban J connectivity index is 4.41. The van der Waals surface area contributed by atoms with Gasteiger partial charge in [0.2, 0.25) is 65.0 Å². The van der Waals surface area contributed by atoms with Gasteiger partial charge < -0.3 is 60.7 Å². The summed E-state index contributed by atoms with van der Waals surface area (Å²) < 4.78 is 0. The highest BCUT2D eigenvalue weighted by Crippen LogP contribution is 2.26. The summed E-state index contributed by atoms with van der Waals surface area (Å²) >= 11 is 0. The van der Waals surface area contributed by atoms with Gasteiger partial charge in [0.25, 0.3) is 0 Å². The normalized spacial score (nSPS) is 27.4. The molecular weight excluding hydrogens is 1110 g/mol. The van der Waals surface area contributed by atoms with Gasteiger partial charge in [0.1, 0.15) is 66.5 Å². The molecule has 87 heavy (non-hydrogen) atoms. The van der Waals surface area contributed by atoms with Crippen molar-refractivity contribution in [2.45, 2.75) is 242 Å². The number of nitrogens with one attached hydrogen (secondary N) is 4. The van der Waals surface area contributed by atoms with E-state index >= 15 is 9.59 Å². The zero-order valence-corrected chi connectivity index (χ0v) is 57.6. The summed E-state index contributed by atoms with van der Waals surface area (Å²) in [4.78, 5) is 170. The Morgan fingerprint density at radius 3 is 1.21 bits per heavy atom. The summed E-state index contributed by atoms with van der Waals surface area (Å²) in [6, 6.07) is -13.5. The van der Waals surface area contributed by atoms with Crippen LogP contribution in [0.1, 0.15) is 170 Å². The largest absolute Gasteiger partial charge is 0.390 e. The van der Waals surface area contributed by atoms with Crippen LogP contribution in [0.4, 0.5) is 0 Å². The molecule has 0 aromatic carbocycles. The highest BCUT2D eigenvalue weighted by atomic mass is 16.3. The molecule has 13 atom stereocenters. The first-order chi connectivity index (χ1) is 40.2. The van der Waals surface area contributed by atoms with Crippen LogP contribution in [0.3, 0.4) is 0 Å². The number of rotatable bonds is 16. The van der Waals surface area contributed by atoms with Gasteiger partial charge in [0, 0.05) is 49.3 Å². The van der Waals surface area contributed by atoms with Crippen molar-refractivity contribution in [1.82, 2.24) is 55.6 Å². The third-order valence-electron chi connectivity index (χ3n) is 16.8. The first kappa shape index (κ1) is 78.9. The van der Waals surface area contributed by atoms with Crippen molar-refractivity contribution >= 4 is 65.0 Å². The lowest BCUT2D eigenvalue weighted by Gasteiger charge is -2.41. The van der Waals surface area contributed by atoms with Gasteiger partial charge in [-0.15, -0.1) is 0 Å². The van der Waals surface area contributed by atoms with Gasteiger partial charge in [-0.25, -0.2) is 0 Å². The summed E-state index contributed by atoms with van der Waals surface area (Å²) in [5.41, 5.74) is 0. The van der Waals surface area contributed by atoms with Crippen LogP contribution in [-0.4, -0.2) is 226 Å². The number of allylic oxidation sites excluding steroid dienone is 2. The van der Waals surface area contributed by atoms with Crippen molar-refractivity contribution in [1.29, 1.82) is 0 Å². The van der Waals surface area contributed by atoms with Crippen LogP contribution in [0, 0.1) is 41.4 Å². The van der Waals surface area contributed by atoms with E-state index < -0.39 is 155 Å². The molecular formula is C64H115N11O12. The summed E-state index contributed by atoms with van der Waals surface area (Å²) in [6.07, 6.45) is 3.12. The van der Waals surface area contributed by atoms with Crippen LogP contribution in [0.2, 0.25) is 0 Å². The number of likely N-dealkylation sites (N-methyl/N-ethyl adjacent to an activating group) is 7. The van der Waals surface area contributed by atoms with E-state index in [2.05, 4.69) is 21.3 Å². The molecule has 0 unspecified atom stereocenters. The molecule has 1 rings (SSSR count). The second kappa shape index (κ2) is 35.8. The molecule has 1 saturated heterocycles. The van der Waals surface area contributed by atoms with Crippen LogP contribution < -0.4 is 21.3 Å². The maximum absolute atomic E-state index is 15.2. The molecule has 1 aliphatic rings. The molecule has 0 aromatic heterocycles. The number of hydrogen-bond donors (Lipinski definition) is 5. The number of carbonyl (C=O) groups is 11. The van der Waals surface area contributed by atoms with E-state index in [4.69, 9.17) is 0 Å². The number of amides is 11. The molecule has 0 aliphatic carbocycles. The second-order valence-corrected chi connectivity index (χ2v) is 26.7. The van der Waals surface area contributed by atoms with Gasteiger partial charge >= 0.3 is 0 Å². The molecule has 1 fully saturated rings. The lowest BCUT2D eigenvalue weighted by molar-refractivity contribution is -0.157. The maximum atomic E-state index is 15.2. The first-order valence-corrected chi connectivity index (χ1v) is 31.6. The fourth-order valence-electron chi connectivity index (χ4n) is 11.3. The van der Waals surface area contributed by atoms with Crippen molar-refractivity contribution in [3.63, 3.8) is 0 Å². The average Bonchev–Trinajstić information content (AvgIpc) is 1.23. The van der Waals surface area contributed by atoms with E-state index in [9.17, 15) is 48.3 Å². The lowest BCUT2D eigenvalue weighted by atomic mass is 9.91. The van der Waals surface area contributed by atoms with Crippen molar-refractivity contribution in [2.75, 3.05) is 49.3 Å². The Kier molecular flexibility index (Phi) is 32.4. The molecule has 498 valence electrons. The van der Waals surface area contributed by atoms with Crippen molar-refractivity contribution in [3.05, 3.63) is 12.2 Å². The molecule has 0 bridgehead atoms. The molecule has 23 heteroatoms. The number of aliphatic hydroxyl groups excluding tert-OH is 1. The van der Waals surface area contributed by atoms with Crippen LogP contribution >= 0.6 is 0 Å². The van der Waals surface area contributed by atoms with E-state index in [0.717, 1.165) is 4.90 Å². The Labute approximate surface area is 521 Å². The standard InChI is InChI=1S/C64H115N11O12/c1-26-29-30-41(16)53(76)52-57(80)67-44(27-2)59(82)69(19)45(28-3)60(83)70(20)47(32-36(6)7)56(79)68-50(39(12)13)63(86)71(21)46(31-35(4)5)55(78)65-42(17)54(77)66-43(18)58(81)72(22)48(33-37(8)9)61(84)73(23)49(34-38(10)11)62(85)74(24)51(40(14)15)64(87)75(52)25/h26,29,35-53,76H,27-28,30-34H2,1-25H3,(H,65,78)(H,66,77)(H,67,80)(H,68,79)/b29-26+/t41-,42+,43+,44+,45-,46+,47+,48+,49+,50+,51+,52+,53+/m1/s1. The topological polar surface area (TPSA) is 279 Å². The average molecular weight is 1230 g/mol. The summed E-state index contributed by atoms with van der Waals surface area (Å²) in [7, 11) is 10.0. The zero-order valence-electron chi connectivity index (χ0n) is 57.6. The molecule has 0 radical (unpaired) electrons. The van der Waals surface area contributed by atoms with Crippen LogP contribution in [0.5, 0.6) is 0 Å². The molecule has 5 N–H and O–H groups in total. The highest BCUT2D eigenvalue weighted by Gasteiger charge is 2.46. The molecule has 0 spiro atoms. The van der Waals surface area contributed by atoms with Gasteiger partial charge in [-0.1, -0.05) is 116 Å². The number of nitrogens with zero attached hydrogens (tertiary/aromatic N) is 7. The van der Waals surface area contributed by atoms with Gasteiger partial charge in [-0.2, -0.15) is 0 Å². The van der Waals surface area contributed by atoms with Gasteiger partial charge in [0.15, 0.2) is 0 Å². The maximum Gasteiger partial charge on any atom is 0.246 e. The lowest BCUT2D eigenvalue weighted by Crippen LogP contribution is -2.64. The molecule has 11 amide bonds. The molecule has 23 nitrogen and oxygen atoms in total. The molecule has 0 aromatic rings. The summed E-state index contributed by atoms with van der Waals surface area (Å²) in [5, 5.41) is 23.2. The van der Waals surface area contributed by atoms with E-state index in [-0.39, 0.29) is 62.2 Å². The Morgan fingerprint density at radius 1 is 0.402 bits per heavy atom. The minimum atomic E-state index is -1.62. The van der Waals surface area contributed by atoms with E-state index in [1.165, 1.54) is 92.6 Å². The number of aliphatic hydroxyl groups is 1. The first-order valence-electron chi connectivity index (χ1n) is 31.6. The van der Waals surface area contributed by atoms with Crippen molar-refractivity contribution < 1.29 is 57.8 Å². The molecule has 1 aliphatic heterocycles. The quantitative estimate of drug-likeness (QED) is 0.137. The van der Waals surface area contributed by atoms with E-state index in [1.807, 2.05) is 61.5 Å². The fraction of sp³-hybridized carbons (Fsp3) is 0.797. The Morgan fingerprint density at radius 2 is 0.782 bits per heavy atom. The molecule has 0 saturated carbocycles. The SMILES string of the molecule is C/C=C/C[C@@H](C)[C@H](O)[C@H]1C(=O)N[C@@H](CC)C(=O)N(C)[C@H](CC)C(=O)N(C)[C@@H](CC(C)C)C(=O)N[C@@H](C(C)C)C(=O)N(C)[C@@H](CC(C)C)C(=O)N[C@@H](C)C(=O)N[C@@H](C)C(=O)N(C)[C@@H](CC(C)C)C(=O)N(C)[C@@H](CC(C)C)C(=O)N(C)[C@@H](C(C)C)C(=O)N1C. The Bertz CT molecular complexity index is 2380. The minimum Gasteiger partial charge on any atom is -0.390 e. The second-order valence-electron chi connectivity index (χ2n) is 26.7. The predicted molar refractivity (Wildman–Crippen MR) is 338 cm³/mol. The van der Waals surface area contributed by atoms with E-state index in [1.54, 1.807) is 61.5 Å².